The van der Waals surface area contributed by atoms with Gasteiger partial charge in [0.25, 0.3) is 0 Å². The minimum absolute atomic E-state index is 0.0576. The molecule has 0 radical (unpaired) electrons. The molecular formula is C23H25ClF3N3O. The molecule has 0 heterocycles. The zero-order valence-electron chi connectivity index (χ0n) is 17.5. The highest BCUT2D eigenvalue weighted by Gasteiger charge is 2.24. The van der Waals surface area contributed by atoms with E-state index >= 15 is 0 Å². The van der Waals surface area contributed by atoms with Crippen molar-refractivity contribution in [2.75, 3.05) is 11.4 Å². The van der Waals surface area contributed by atoms with Gasteiger partial charge in [-0.1, -0.05) is 31.5 Å². The number of anilines is 1. The molecule has 0 unspecified atom stereocenters. The minimum atomic E-state index is -1.54. The van der Waals surface area contributed by atoms with E-state index in [0.29, 0.717) is 12.2 Å². The van der Waals surface area contributed by atoms with E-state index in [1.165, 1.54) is 12.1 Å². The number of nitrogens with zero attached hydrogens (tertiary/aromatic N) is 2. The summed E-state index contributed by atoms with van der Waals surface area (Å²) in [6.45, 7) is 4.39. The van der Waals surface area contributed by atoms with Crippen LogP contribution in [0.4, 0.5) is 18.9 Å². The maximum atomic E-state index is 14.4. The number of hydrogen-bond donors (Lipinski definition) is 1. The number of benzene rings is 2. The van der Waals surface area contributed by atoms with E-state index in [0.717, 1.165) is 25.2 Å². The lowest BCUT2D eigenvalue weighted by Crippen LogP contribution is -2.45. The first-order valence-corrected chi connectivity index (χ1v) is 10.5. The van der Waals surface area contributed by atoms with Gasteiger partial charge in [-0.15, -0.1) is 0 Å². The Balaban J connectivity index is 2.47. The number of rotatable bonds is 11. The van der Waals surface area contributed by atoms with Crippen LogP contribution >= 0.6 is 11.6 Å². The predicted octanol–water partition coefficient (Wildman–Crippen LogP) is 5.37. The highest BCUT2D eigenvalue weighted by atomic mass is 35.5. The summed E-state index contributed by atoms with van der Waals surface area (Å²) < 4.78 is 41.6. The number of halogens is 4. The van der Waals surface area contributed by atoms with Crippen LogP contribution < -0.4 is 10.2 Å². The Morgan fingerprint density at radius 1 is 1.16 bits per heavy atom. The number of aldehydes is 1. The maximum Gasteiger partial charge on any atom is 0.194 e. The summed E-state index contributed by atoms with van der Waals surface area (Å²) in [7, 11) is 0. The zero-order chi connectivity index (χ0) is 23.0. The van der Waals surface area contributed by atoms with Crippen molar-refractivity contribution in [3.63, 3.8) is 0 Å². The molecule has 1 atom stereocenters. The van der Waals surface area contributed by atoms with Crippen molar-refractivity contribution in [3.05, 3.63) is 63.9 Å². The summed E-state index contributed by atoms with van der Waals surface area (Å²) in [6.07, 6.45) is 2.67. The van der Waals surface area contributed by atoms with E-state index in [-0.39, 0.29) is 35.2 Å². The maximum absolute atomic E-state index is 14.4. The number of hydrogen-bond acceptors (Lipinski definition) is 4. The van der Waals surface area contributed by atoms with Crippen molar-refractivity contribution in [2.24, 2.45) is 0 Å². The normalized spacial score (nSPS) is 11.9. The molecule has 2 aromatic carbocycles. The molecule has 8 heteroatoms. The van der Waals surface area contributed by atoms with Crippen LogP contribution in [0.25, 0.3) is 0 Å². The van der Waals surface area contributed by atoms with Gasteiger partial charge in [0, 0.05) is 42.8 Å². The van der Waals surface area contributed by atoms with E-state index in [4.69, 9.17) is 16.9 Å². The van der Waals surface area contributed by atoms with Gasteiger partial charge in [-0.3, -0.25) is 0 Å². The SMILES string of the molecule is CCC(CC)NC[C@H](CC=O)N(Cc1ccc(F)c(F)c1F)c1ccc(C#N)c(Cl)c1. The van der Waals surface area contributed by atoms with E-state index in [1.807, 2.05) is 19.9 Å². The topological polar surface area (TPSA) is 56.1 Å². The Kier molecular flexibility index (Phi) is 9.35. The van der Waals surface area contributed by atoms with Crippen molar-refractivity contribution in [3.8, 4) is 6.07 Å². The number of nitrogens with one attached hydrogen (secondary N) is 1. The van der Waals surface area contributed by atoms with Gasteiger partial charge in [0.1, 0.15) is 12.4 Å². The van der Waals surface area contributed by atoms with Gasteiger partial charge >= 0.3 is 0 Å². The summed E-state index contributed by atoms with van der Waals surface area (Å²) in [5.41, 5.74) is 0.746. The number of carbonyl (C=O) groups excluding carboxylic acids is 1. The van der Waals surface area contributed by atoms with Crippen LogP contribution in [0.5, 0.6) is 0 Å². The van der Waals surface area contributed by atoms with Gasteiger partial charge in [0.05, 0.1) is 10.6 Å². The molecule has 0 saturated heterocycles. The van der Waals surface area contributed by atoms with Gasteiger partial charge in [0.15, 0.2) is 17.5 Å². The van der Waals surface area contributed by atoms with E-state index in [1.54, 1.807) is 17.0 Å². The average Bonchev–Trinajstić information content (AvgIpc) is 2.77. The fourth-order valence-corrected chi connectivity index (χ4v) is 3.61. The first-order chi connectivity index (χ1) is 14.9. The fraction of sp³-hybridized carbons (Fsp3) is 0.391. The van der Waals surface area contributed by atoms with Crippen molar-refractivity contribution < 1.29 is 18.0 Å². The molecule has 0 saturated carbocycles. The van der Waals surface area contributed by atoms with Crippen molar-refractivity contribution in [1.29, 1.82) is 5.26 Å². The second-order valence-corrected chi connectivity index (χ2v) is 7.62. The Hall–Kier alpha value is -2.56. The molecule has 2 aromatic rings. The third-order valence-electron chi connectivity index (χ3n) is 5.30. The van der Waals surface area contributed by atoms with Gasteiger partial charge in [-0.25, -0.2) is 13.2 Å². The monoisotopic (exact) mass is 451 g/mol. The molecular weight excluding hydrogens is 427 g/mol. The lowest BCUT2D eigenvalue weighted by Gasteiger charge is -2.34. The lowest BCUT2D eigenvalue weighted by molar-refractivity contribution is -0.108. The first-order valence-electron chi connectivity index (χ1n) is 10.1. The van der Waals surface area contributed by atoms with Crippen LogP contribution in [0, 0.1) is 28.8 Å². The van der Waals surface area contributed by atoms with Gasteiger partial charge < -0.3 is 15.0 Å². The van der Waals surface area contributed by atoms with Crippen LogP contribution in [-0.2, 0) is 11.3 Å². The molecule has 2 rings (SSSR count). The third-order valence-corrected chi connectivity index (χ3v) is 5.61. The molecule has 0 amide bonds. The summed E-state index contributed by atoms with van der Waals surface area (Å²) in [5.74, 6) is -4.09. The zero-order valence-corrected chi connectivity index (χ0v) is 18.2. The van der Waals surface area contributed by atoms with Crippen LogP contribution in [0.3, 0.4) is 0 Å². The Labute approximate surface area is 185 Å². The summed E-state index contributed by atoms with van der Waals surface area (Å²) >= 11 is 6.19. The average molecular weight is 452 g/mol. The predicted molar refractivity (Wildman–Crippen MR) is 116 cm³/mol. The Bertz CT molecular complexity index is 944. The van der Waals surface area contributed by atoms with E-state index < -0.39 is 23.5 Å². The highest BCUT2D eigenvalue weighted by Crippen LogP contribution is 2.28. The third kappa shape index (κ3) is 6.22. The molecule has 0 fully saturated rings. The molecule has 166 valence electrons. The van der Waals surface area contributed by atoms with Gasteiger partial charge in [0.2, 0.25) is 0 Å². The summed E-state index contributed by atoms with van der Waals surface area (Å²) in [4.78, 5) is 13.1. The first kappa shape index (κ1) is 24.7. The number of carbonyl (C=O) groups is 1. The standard InChI is InChI=1S/C23H25ClF3N3O/c1-3-17(4-2)29-13-19(9-10-31)30(18-7-5-15(12-28)20(24)11-18)14-16-6-8-21(25)23(27)22(16)26/h5-8,10-11,17,19,29H,3-4,9,13-14H2,1-2H3/t19-/m0/s1. The highest BCUT2D eigenvalue weighted by molar-refractivity contribution is 6.32. The smallest absolute Gasteiger partial charge is 0.194 e. The van der Waals surface area contributed by atoms with Crippen LogP contribution in [0.2, 0.25) is 5.02 Å². The Morgan fingerprint density at radius 3 is 2.45 bits per heavy atom. The van der Waals surface area contributed by atoms with Crippen LogP contribution in [-0.4, -0.2) is 24.9 Å². The van der Waals surface area contributed by atoms with E-state index in [2.05, 4.69) is 5.32 Å². The molecule has 0 aromatic heterocycles. The molecule has 31 heavy (non-hydrogen) atoms. The molecule has 0 aliphatic rings. The molecule has 1 N–H and O–H groups in total. The van der Waals surface area contributed by atoms with E-state index in [9.17, 15) is 18.0 Å². The summed E-state index contributed by atoms with van der Waals surface area (Å²) in [6, 6.07) is 8.56. The second-order valence-electron chi connectivity index (χ2n) is 7.22. The van der Waals surface area contributed by atoms with Gasteiger partial charge in [-0.05, 0) is 37.1 Å². The molecule has 4 nitrogen and oxygen atoms in total. The Morgan fingerprint density at radius 2 is 1.87 bits per heavy atom. The van der Waals surface area contributed by atoms with Crippen molar-refractivity contribution >= 4 is 23.6 Å². The quantitative estimate of drug-likeness (QED) is 0.368. The molecule has 0 bridgehead atoms. The largest absolute Gasteiger partial charge is 0.362 e. The van der Waals surface area contributed by atoms with Gasteiger partial charge in [-0.2, -0.15) is 5.26 Å². The summed E-state index contributed by atoms with van der Waals surface area (Å²) in [5, 5.41) is 12.7. The van der Waals surface area contributed by atoms with Crippen LogP contribution in [0.15, 0.2) is 30.3 Å². The van der Waals surface area contributed by atoms with Crippen molar-refractivity contribution in [2.45, 2.75) is 51.7 Å². The molecule has 0 spiro atoms. The fourth-order valence-electron chi connectivity index (χ4n) is 3.39. The lowest BCUT2D eigenvalue weighted by atomic mass is 10.1. The number of nitriles is 1. The molecule has 0 aliphatic carbocycles. The van der Waals surface area contributed by atoms with Crippen LogP contribution in [0.1, 0.15) is 44.2 Å². The van der Waals surface area contributed by atoms with Crippen molar-refractivity contribution in [1.82, 2.24) is 5.32 Å². The second kappa shape index (κ2) is 11.7. The molecule has 0 aliphatic heterocycles. The minimum Gasteiger partial charge on any atom is -0.362 e.